The van der Waals surface area contributed by atoms with Gasteiger partial charge in [-0.05, 0) is 73.6 Å². The predicted molar refractivity (Wildman–Crippen MR) is 117 cm³/mol. The van der Waals surface area contributed by atoms with Crippen LogP contribution in [-0.2, 0) is 4.74 Å². The van der Waals surface area contributed by atoms with Crippen molar-refractivity contribution in [1.29, 1.82) is 5.26 Å². The summed E-state index contributed by atoms with van der Waals surface area (Å²) in [5.74, 6) is 1.54. The summed E-state index contributed by atoms with van der Waals surface area (Å²) in [7, 11) is 1.65. The minimum absolute atomic E-state index is 0.176. The van der Waals surface area contributed by atoms with Crippen molar-refractivity contribution in [3.63, 3.8) is 0 Å². The van der Waals surface area contributed by atoms with Gasteiger partial charge in [-0.15, -0.1) is 0 Å². The van der Waals surface area contributed by atoms with Gasteiger partial charge in [-0.25, -0.2) is 4.79 Å². The van der Waals surface area contributed by atoms with Crippen LogP contribution < -0.4 is 10.1 Å². The third-order valence-electron chi connectivity index (χ3n) is 5.96. The molecule has 2 aliphatic carbocycles. The highest BCUT2D eigenvalue weighted by Gasteiger charge is 2.39. The lowest BCUT2D eigenvalue weighted by atomic mass is 9.70. The maximum atomic E-state index is 11.9. The predicted octanol–water partition coefficient (Wildman–Crippen LogP) is 5.98. The Morgan fingerprint density at radius 2 is 1.90 bits per heavy atom. The van der Waals surface area contributed by atoms with Gasteiger partial charge in [0.2, 0.25) is 0 Å². The van der Waals surface area contributed by atoms with Crippen LogP contribution in [0.5, 0.6) is 5.75 Å². The van der Waals surface area contributed by atoms with E-state index < -0.39 is 6.09 Å². The maximum absolute atomic E-state index is 11.9. The number of methoxy groups -OCH3 is 1. The zero-order chi connectivity index (χ0) is 21.3. The van der Waals surface area contributed by atoms with Crippen LogP contribution in [0.3, 0.4) is 0 Å². The fourth-order valence-electron chi connectivity index (χ4n) is 4.41. The summed E-state index contributed by atoms with van der Waals surface area (Å²) in [6.45, 7) is 3.62. The van der Waals surface area contributed by atoms with Crippen molar-refractivity contribution in [2.75, 3.05) is 12.4 Å². The van der Waals surface area contributed by atoms with Crippen LogP contribution >= 0.6 is 0 Å². The zero-order valence-corrected chi connectivity index (χ0v) is 17.6. The number of rotatable bonds is 5. The van der Waals surface area contributed by atoms with E-state index in [9.17, 15) is 10.1 Å². The first-order valence-corrected chi connectivity index (χ1v) is 10.4. The third kappa shape index (κ3) is 3.66. The average Bonchev–Trinajstić information content (AvgIpc) is 2.99. The van der Waals surface area contributed by atoms with Crippen LogP contribution in [0.4, 0.5) is 10.5 Å². The molecule has 1 atom stereocenters. The summed E-state index contributed by atoms with van der Waals surface area (Å²) in [4.78, 5) is 11.9. The van der Waals surface area contributed by atoms with Gasteiger partial charge in [0.05, 0.1) is 18.8 Å². The topological polar surface area (TPSA) is 71.3 Å². The number of nitriles is 1. The Balaban J connectivity index is 1.70. The number of hydrogen-bond donors (Lipinski definition) is 1. The number of amides is 1. The molecule has 2 aromatic carbocycles. The number of ether oxygens (including phenoxy) is 2. The molecule has 1 unspecified atom stereocenters. The molecular formula is C25H26N2O3. The Morgan fingerprint density at radius 1 is 1.17 bits per heavy atom. The normalized spacial score (nSPS) is 17.9. The Morgan fingerprint density at radius 3 is 2.47 bits per heavy atom. The van der Waals surface area contributed by atoms with Crippen molar-refractivity contribution in [3.05, 3.63) is 59.2 Å². The van der Waals surface area contributed by atoms with Crippen molar-refractivity contribution in [3.8, 4) is 11.8 Å². The summed E-state index contributed by atoms with van der Waals surface area (Å²) in [5, 5.41) is 12.8. The lowest BCUT2D eigenvalue weighted by molar-refractivity contribution is 0.130. The number of carbonyl (C=O) groups is 1. The molecule has 0 spiro atoms. The van der Waals surface area contributed by atoms with E-state index in [1.807, 2.05) is 50.2 Å². The van der Waals surface area contributed by atoms with Gasteiger partial charge < -0.3 is 9.47 Å². The van der Waals surface area contributed by atoms with E-state index >= 15 is 0 Å². The number of allylic oxidation sites excluding steroid dienone is 2. The summed E-state index contributed by atoms with van der Waals surface area (Å²) in [6, 6.07) is 16.2. The SMILES string of the molecule is COc1ccc2c(c1)C(C#N)=C(c1ccc(NC(=O)OC(C)C)cc1)C2C1CCC1. The molecule has 5 heteroatoms. The van der Waals surface area contributed by atoms with Gasteiger partial charge in [0.15, 0.2) is 0 Å². The Kier molecular flexibility index (Phi) is 5.50. The molecule has 1 amide bonds. The van der Waals surface area contributed by atoms with E-state index in [1.54, 1.807) is 7.11 Å². The highest BCUT2D eigenvalue weighted by Crippen LogP contribution is 2.55. The zero-order valence-electron chi connectivity index (χ0n) is 17.6. The molecule has 5 nitrogen and oxygen atoms in total. The molecule has 0 bridgehead atoms. The van der Waals surface area contributed by atoms with Crippen LogP contribution in [-0.4, -0.2) is 19.3 Å². The number of fused-ring (bicyclic) bond motifs is 1. The van der Waals surface area contributed by atoms with E-state index in [4.69, 9.17) is 9.47 Å². The maximum Gasteiger partial charge on any atom is 0.411 e. The van der Waals surface area contributed by atoms with Crippen LogP contribution in [0.25, 0.3) is 11.1 Å². The van der Waals surface area contributed by atoms with Gasteiger partial charge in [-0.1, -0.05) is 24.6 Å². The van der Waals surface area contributed by atoms with E-state index in [0.717, 1.165) is 28.0 Å². The standard InChI is InChI=1S/C25H26N2O3/c1-15(2)30-25(28)27-18-9-7-17(8-10-18)24-22(14-26)21-13-19(29-3)11-12-20(21)23(24)16-5-4-6-16/h7-13,15-16,23H,4-6H2,1-3H3,(H,27,28). The number of benzene rings is 2. The molecule has 154 valence electrons. The minimum Gasteiger partial charge on any atom is -0.497 e. The van der Waals surface area contributed by atoms with Crippen molar-refractivity contribution in [2.24, 2.45) is 5.92 Å². The average molecular weight is 402 g/mol. The summed E-state index contributed by atoms with van der Waals surface area (Å²) < 4.78 is 10.5. The van der Waals surface area contributed by atoms with E-state index in [0.29, 0.717) is 11.6 Å². The number of nitrogens with zero attached hydrogens (tertiary/aromatic N) is 1. The van der Waals surface area contributed by atoms with Crippen molar-refractivity contribution in [1.82, 2.24) is 0 Å². The second kappa shape index (κ2) is 8.23. The van der Waals surface area contributed by atoms with Crippen LogP contribution in [0, 0.1) is 17.2 Å². The third-order valence-corrected chi connectivity index (χ3v) is 5.96. The molecule has 1 fully saturated rings. The van der Waals surface area contributed by atoms with Gasteiger partial charge in [-0.2, -0.15) is 5.26 Å². The molecule has 30 heavy (non-hydrogen) atoms. The fourth-order valence-corrected chi connectivity index (χ4v) is 4.41. The molecule has 2 aromatic rings. The van der Waals surface area contributed by atoms with Gasteiger partial charge >= 0.3 is 6.09 Å². The molecule has 0 aromatic heterocycles. The second-order valence-electron chi connectivity index (χ2n) is 8.18. The summed E-state index contributed by atoms with van der Waals surface area (Å²) in [6.07, 6.45) is 2.95. The first-order valence-electron chi connectivity index (χ1n) is 10.4. The number of anilines is 1. The molecule has 0 saturated heterocycles. The van der Waals surface area contributed by atoms with Crippen molar-refractivity contribution < 1.29 is 14.3 Å². The van der Waals surface area contributed by atoms with Gasteiger partial charge in [0, 0.05) is 17.2 Å². The molecule has 0 heterocycles. The van der Waals surface area contributed by atoms with E-state index in [2.05, 4.69) is 17.5 Å². The van der Waals surface area contributed by atoms with Gasteiger partial charge in [-0.3, -0.25) is 5.32 Å². The second-order valence-corrected chi connectivity index (χ2v) is 8.18. The van der Waals surface area contributed by atoms with Crippen molar-refractivity contribution in [2.45, 2.75) is 45.1 Å². The monoisotopic (exact) mass is 402 g/mol. The van der Waals surface area contributed by atoms with E-state index in [1.165, 1.54) is 24.8 Å². The Bertz CT molecular complexity index is 1030. The number of hydrogen-bond acceptors (Lipinski definition) is 4. The Labute approximate surface area is 177 Å². The molecule has 0 radical (unpaired) electrons. The van der Waals surface area contributed by atoms with Crippen LogP contribution in [0.2, 0.25) is 0 Å². The Hall–Kier alpha value is -3.26. The highest BCUT2D eigenvalue weighted by molar-refractivity contribution is 6.05. The summed E-state index contributed by atoms with van der Waals surface area (Å²) >= 11 is 0. The highest BCUT2D eigenvalue weighted by atomic mass is 16.6. The fraction of sp³-hybridized carbons (Fsp3) is 0.360. The molecular weight excluding hydrogens is 376 g/mol. The van der Waals surface area contributed by atoms with Crippen LogP contribution in [0.1, 0.15) is 55.7 Å². The largest absolute Gasteiger partial charge is 0.497 e. The molecule has 1 N–H and O–H groups in total. The first kappa shape index (κ1) is 20.0. The van der Waals surface area contributed by atoms with Crippen molar-refractivity contribution >= 4 is 22.9 Å². The molecule has 2 aliphatic rings. The summed E-state index contributed by atoms with van der Waals surface area (Å²) in [5.41, 5.74) is 5.69. The number of carbonyl (C=O) groups excluding carboxylic acids is 1. The van der Waals surface area contributed by atoms with Gasteiger partial charge in [0.1, 0.15) is 11.8 Å². The molecule has 0 aliphatic heterocycles. The smallest absolute Gasteiger partial charge is 0.411 e. The van der Waals surface area contributed by atoms with Crippen LogP contribution in [0.15, 0.2) is 42.5 Å². The first-order chi connectivity index (χ1) is 14.5. The number of nitrogens with one attached hydrogen (secondary N) is 1. The van der Waals surface area contributed by atoms with Gasteiger partial charge in [0.25, 0.3) is 0 Å². The quantitative estimate of drug-likeness (QED) is 0.667. The lowest BCUT2D eigenvalue weighted by Crippen LogP contribution is -2.20. The molecule has 4 rings (SSSR count). The minimum atomic E-state index is -0.470. The van der Waals surface area contributed by atoms with E-state index in [-0.39, 0.29) is 12.0 Å². The molecule has 1 saturated carbocycles. The lowest BCUT2D eigenvalue weighted by Gasteiger charge is -2.34.